The van der Waals surface area contributed by atoms with Gasteiger partial charge in [0.05, 0.1) is 0 Å². The van der Waals surface area contributed by atoms with Gasteiger partial charge in [-0.2, -0.15) is 0 Å². The number of carbonyl (C=O) groups is 1. The van der Waals surface area contributed by atoms with Gasteiger partial charge in [0.2, 0.25) is 5.91 Å². The standard InChI is InChI=1S/C16H20FNO/c17-15-8-4-7-13(11-15)9-10-16(19)18-12-14-5-2-1-3-6-14/h4,7-11,14H,1-3,5-6,12H2,(H,18,19)/b10-9+. The minimum Gasteiger partial charge on any atom is -0.352 e. The van der Waals surface area contributed by atoms with Crippen LogP contribution < -0.4 is 5.32 Å². The van der Waals surface area contributed by atoms with Crippen LogP contribution in [0.3, 0.4) is 0 Å². The van der Waals surface area contributed by atoms with Crippen LogP contribution in [0.4, 0.5) is 4.39 Å². The van der Waals surface area contributed by atoms with Crippen molar-refractivity contribution in [3.8, 4) is 0 Å². The third-order valence-corrected chi connectivity index (χ3v) is 3.57. The molecular weight excluding hydrogens is 241 g/mol. The Morgan fingerprint density at radius 3 is 2.84 bits per heavy atom. The van der Waals surface area contributed by atoms with Gasteiger partial charge in [0.1, 0.15) is 5.82 Å². The molecule has 0 bridgehead atoms. The molecule has 0 heterocycles. The average molecular weight is 261 g/mol. The molecule has 2 nitrogen and oxygen atoms in total. The molecule has 1 fully saturated rings. The van der Waals surface area contributed by atoms with Gasteiger partial charge in [0.15, 0.2) is 0 Å². The summed E-state index contributed by atoms with van der Waals surface area (Å²) < 4.78 is 12.9. The molecule has 1 aromatic carbocycles. The molecule has 1 amide bonds. The number of hydrogen-bond donors (Lipinski definition) is 1. The molecule has 0 radical (unpaired) electrons. The Morgan fingerprint density at radius 1 is 1.32 bits per heavy atom. The first-order chi connectivity index (χ1) is 9.24. The molecule has 1 aromatic rings. The molecule has 0 saturated heterocycles. The summed E-state index contributed by atoms with van der Waals surface area (Å²) in [6.45, 7) is 0.756. The summed E-state index contributed by atoms with van der Waals surface area (Å²) in [6.07, 6.45) is 9.42. The van der Waals surface area contributed by atoms with Crippen molar-refractivity contribution in [2.24, 2.45) is 5.92 Å². The second kappa shape index (κ2) is 7.07. The highest BCUT2D eigenvalue weighted by molar-refractivity contribution is 5.91. The van der Waals surface area contributed by atoms with E-state index >= 15 is 0 Å². The SMILES string of the molecule is O=C(/C=C/c1cccc(F)c1)NCC1CCCCC1. The predicted octanol–water partition coefficient (Wildman–Crippen LogP) is 3.54. The van der Waals surface area contributed by atoms with E-state index in [1.807, 2.05) is 0 Å². The van der Waals surface area contributed by atoms with Crippen LogP contribution in [0.15, 0.2) is 30.3 Å². The second-order valence-electron chi connectivity index (χ2n) is 5.14. The number of benzene rings is 1. The van der Waals surface area contributed by atoms with Crippen LogP contribution in [0, 0.1) is 11.7 Å². The van der Waals surface area contributed by atoms with E-state index in [0.29, 0.717) is 11.5 Å². The Hall–Kier alpha value is -1.64. The molecule has 0 aromatic heterocycles. The Kier molecular flexibility index (Phi) is 5.13. The van der Waals surface area contributed by atoms with Gasteiger partial charge in [-0.05, 0) is 42.5 Å². The summed E-state index contributed by atoms with van der Waals surface area (Å²) >= 11 is 0. The Labute approximate surface area is 113 Å². The molecule has 1 aliphatic carbocycles. The first-order valence-electron chi connectivity index (χ1n) is 6.95. The lowest BCUT2D eigenvalue weighted by Crippen LogP contribution is -2.28. The van der Waals surface area contributed by atoms with Crippen LogP contribution in [0.5, 0.6) is 0 Å². The molecule has 1 aliphatic rings. The number of hydrogen-bond acceptors (Lipinski definition) is 1. The molecule has 3 heteroatoms. The molecule has 102 valence electrons. The van der Waals surface area contributed by atoms with Crippen molar-refractivity contribution in [3.05, 3.63) is 41.7 Å². The van der Waals surface area contributed by atoms with Crippen LogP contribution in [0.2, 0.25) is 0 Å². The monoisotopic (exact) mass is 261 g/mol. The maximum atomic E-state index is 12.9. The maximum Gasteiger partial charge on any atom is 0.244 e. The van der Waals surface area contributed by atoms with E-state index in [-0.39, 0.29) is 11.7 Å². The van der Waals surface area contributed by atoms with Crippen molar-refractivity contribution in [1.29, 1.82) is 0 Å². The molecule has 0 aliphatic heterocycles. The summed E-state index contributed by atoms with van der Waals surface area (Å²) in [4.78, 5) is 11.7. The smallest absolute Gasteiger partial charge is 0.244 e. The highest BCUT2D eigenvalue weighted by atomic mass is 19.1. The molecule has 0 spiro atoms. The zero-order valence-electron chi connectivity index (χ0n) is 11.1. The van der Waals surface area contributed by atoms with Crippen molar-refractivity contribution >= 4 is 12.0 Å². The Bertz CT molecular complexity index is 450. The van der Waals surface area contributed by atoms with Crippen LogP contribution in [0.1, 0.15) is 37.7 Å². The summed E-state index contributed by atoms with van der Waals surface area (Å²) in [7, 11) is 0. The molecule has 19 heavy (non-hydrogen) atoms. The molecule has 2 rings (SSSR count). The number of rotatable bonds is 4. The van der Waals surface area contributed by atoms with E-state index in [4.69, 9.17) is 0 Å². The van der Waals surface area contributed by atoms with Gasteiger partial charge in [-0.1, -0.05) is 31.4 Å². The lowest BCUT2D eigenvalue weighted by molar-refractivity contribution is -0.116. The fourth-order valence-corrected chi connectivity index (χ4v) is 2.48. The fourth-order valence-electron chi connectivity index (χ4n) is 2.48. The Morgan fingerprint density at radius 2 is 2.11 bits per heavy atom. The van der Waals surface area contributed by atoms with E-state index in [1.54, 1.807) is 18.2 Å². The second-order valence-corrected chi connectivity index (χ2v) is 5.14. The third kappa shape index (κ3) is 4.86. The quantitative estimate of drug-likeness (QED) is 0.825. The molecule has 0 atom stereocenters. The van der Waals surface area contributed by atoms with Crippen molar-refractivity contribution in [2.75, 3.05) is 6.54 Å². The van der Waals surface area contributed by atoms with E-state index in [0.717, 1.165) is 6.54 Å². The van der Waals surface area contributed by atoms with E-state index in [1.165, 1.54) is 50.3 Å². The minimum atomic E-state index is -0.287. The lowest BCUT2D eigenvalue weighted by atomic mass is 9.89. The highest BCUT2D eigenvalue weighted by Crippen LogP contribution is 2.22. The van der Waals surface area contributed by atoms with Crippen molar-refractivity contribution in [3.63, 3.8) is 0 Å². The summed E-state index contributed by atoms with van der Waals surface area (Å²) in [5.41, 5.74) is 0.702. The van der Waals surface area contributed by atoms with Crippen molar-refractivity contribution in [1.82, 2.24) is 5.32 Å². The van der Waals surface area contributed by atoms with E-state index < -0.39 is 0 Å². The van der Waals surface area contributed by atoms with Crippen molar-refractivity contribution in [2.45, 2.75) is 32.1 Å². The molecule has 1 N–H and O–H groups in total. The summed E-state index contributed by atoms with van der Waals surface area (Å²) in [5.74, 6) is 0.236. The van der Waals surface area contributed by atoms with E-state index in [9.17, 15) is 9.18 Å². The zero-order valence-corrected chi connectivity index (χ0v) is 11.1. The number of nitrogens with one attached hydrogen (secondary N) is 1. The van der Waals surface area contributed by atoms with Gasteiger partial charge in [0.25, 0.3) is 0 Å². The Balaban J connectivity index is 1.77. The van der Waals surface area contributed by atoms with Crippen LogP contribution >= 0.6 is 0 Å². The zero-order chi connectivity index (χ0) is 13.5. The average Bonchev–Trinajstić information content (AvgIpc) is 2.44. The first kappa shape index (κ1) is 13.8. The molecule has 0 unspecified atom stereocenters. The lowest BCUT2D eigenvalue weighted by Gasteiger charge is -2.21. The van der Waals surface area contributed by atoms with Crippen LogP contribution in [-0.4, -0.2) is 12.5 Å². The molecular formula is C16H20FNO. The highest BCUT2D eigenvalue weighted by Gasteiger charge is 2.13. The van der Waals surface area contributed by atoms with Crippen LogP contribution in [-0.2, 0) is 4.79 Å². The third-order valence-electron chi connectivity index (χ3n) is 3.57. The van der Waals surface area contributed by atoms with Gasteiger partial charge in [0, 0.05) is 12.6 Å². The number of carbonyl (C=O) groups excluding carboxylic acids is 1. The van der Waals surface area contributed by atoms with Gasteiger partial charge >= 0.3 is 0 Å². The van der Waals surface area contributed by atoms with Gasteiger partial charge in [-0.25, -0.2) is 4.39 Å². The normalized spacial score (nSPS) is 16.7. The molecule has 1 saturated carbocycles. The van der Waals surface area contributed by atoms with Crippen molar-refractivity contribution < 1.29 is 9.18 Å². The summed E-state index contributed by atoms with van der Waals surface area (Å²) in [6, 6.07) is 6.20. The topological polar surface area (TPSA) is 29.1 Å². The first-order valence-corrected chi connectivity index (χ1v) is 6.95. The van der Waals surface area contributed by atoms with Crippen LogP contribution in [0.25, 0.3) is 6.08 Å². The largest absolute Gasteiger partial charge is 0.352 e. The number of halogens is 1. The summed E-state index contributed by atoms with van der Waals surface area (Å²) in [5, 5.41) is 2.92. The maximum absolute atomic E-state index is 12.9. The number of amides is 1. The van der Waals surface area contributed by atoms with Gasteiger partial charge < -0.3 is 5.32 Å². The predicted molar refractivity (Wildman–Crippen MR) is 75.0 cm³/mol. The fraction of sp³-hybridized carbons (Fsp3) is 0.438. The minimum absolute atomic E-state index is 0.102. The van der Waals surface area contributed by atoms with Gasteiger partial charge in [-0.15, -0.1) is 0 Å². The van der Waals surface area contributed by atoms with Gasteiger partial charge in [-0.3, -0.25) is 4.79 Å². The van der Waals surface area contributed by atoms with E-state index in [2.05, 4.69) is 5.32 Å².